The first-order chi connectivity index (χ1) is 18.0. The van der Waals surface area contributed by atoms with Crippen molar-refractivity contribution in [3.05, 3.63) is 84.4 Å². The Bertz CT molecular complexity index is 1240. The fourth-order valence-electron chi connectivity index (χ4n) is 6.95. The third-order valence-corrected chi connectivity index (χ3v) is 9.10. The first kappa shape index (κ1) is 24.1. The second kappa shape index (κ2) is 10.3. The van der Waals surface area contributed by atoms with Gasteiger partial charge < -0.3 is 15.4 Å². The lowest BCUT2D eigenvalue weighted by Crippen LogP contribution is -2.60. The fourth-order valence-corrected chi connectivity index (χ4v) is 7.80. The highest BCUT2D eigenvalue weighted by atomic mass is 32.2. The molecule has 4 saturated carbocycles. The van der Waals surface area contributed by atoms with Crippen LogP contribution in [0.5, 0.6) is 11.5 Å². The van der Waals surface area contributed by atoms with Crippen molar-refractivity contribution in [1.29, 1.82) is 0 Å². The van der Waals surface area contributed by atoms with Gasteiger partial charge in [0, 0.05) is 16.1 Å². The molecule has 3 aromatic carbocycles. The van der Waals surface area contributed by atoms with Crippen molar-refractivity contribution in [2.75, 3.05) is 11.1 Å². The van der Waals surface area contributed by atoms with E-state index in [4.69, 9.17) is 4.74 Å². The molecule has 6 heteroatoms. The van der Waals surface area contributed by atoms with Crippen LogP contribution in [0, 0.1) is 17.8 Å². The van der Waals surface area contributed by atoms with Gasteiger partial charge in [0.15, 0.2) is 0 Å². The maximum absolute atomic E-state index is 13.1. The van der Waals surface area contributed by atoms with Crippen LogP contribution in [0.15, 0.2) is 83.8 Å². The number of nitrogens with one attached hydrogen (secondary N) is 2. The normalized spacial score (nSPS) is 25.5. The molecule has 37 heavy (non-hydrogen) atoms. The molecule has 0 atom stereocenters. The monoisotopic (exact) mass is 512 g/mol. The molecule has 4 aliphatic rings. The molecule has 7 rings (SSSR count). The van der Waals surface area contributed by atoms with E-state index in [9.17, 15) is 9.59 Å². The van der Waals surface area contributed by atoms with E-state index in [1.54, 1.807) is 0 Å². The predicted octanol–water partition coefficient (Wildman–Crippen LogP) is 6.91. The fraction of sp³-hybridized carbons (Fsp3) is 0.355. The summed E-state index contributed by atoms with van der Waals surface area (Å²) in [6.45, 7) is 0. The zero-order chi connectivity index (χ0) is 25.2. The minimum Gasteiger partial charge on any atom is -0.457 e. The van der Waals surface area contributed by atoms with Crippen LogP contribution in [0.25, 0.3) is 0 Å². The summed E-state index contributed by atoms with van der Waals surface area (Å²) in [5.41, 5.74) is 1.27. The summed E-state index contributed by atoms with van der Waals surface area (Å²) in [5, 5.41) is 6.41. The molecule has 4 bridgehead atoms. The van der Waals surface area contributed by atoms with Crippen LogP contribution in [0.1, 0.15) is 48.9 Å². The molecule has 0 aliphatic heterocycles. The molecule has 0 radical (unpaired) electrons. The van der Waals surface area contributed by atoms with E-state index >= 15 is 0 Å². The summed E-state index contributed by atoms with van der Waals surface area (Å²) < 4.78 is 5.83. The number of thioether (sulfide) groups is 1. The minimum atomic E-state index is -0.193. The first-order valence-electron chi connectivity index (χ1n) is 13.2. The van der Waals surface area contributed by atoms with Gasteiger partial charge in [0.05, 0.1) is 11.3 Å². The highest BCUT2D eigenvalue weighted by Gasteiger charge is 2.51. The number of benzene rings is 3. The largest absolute Gasteiger partial charge is 0.457 e. The first-order valence-corrected chi connectivity index (χ1v) is 14.2. The van der Waals surface area contributed by atoms with Crippen molar-refractivity contribution >= 4 is 29.3 Å². The van der Waals surface area contributed by atoms with E-state index in [1.807, 2.05) is 78.9 Å². The third kappa shape index (κ3) is 5.54. The van der Waals surface area contributed by atoms with Gasteiger partial charge in [-0.3, -0.25) is 9.59 Å². The number of amides is 2. The van der Waals surface area contributed by atoms with Crippen LogP contribution in [0.2, 0.25) is 0 Å². The Balaban J connectivity index is 1.05. The SMILES string of the molecule is O=C(CSc1ccccc1C(=O)Nc1ccc(Oc2ccccc2)cc1)NC12CC3CC(CC(C3)C1)C2. The van der Waals surface area contributed by atoms with Crippen molar-refractivity contribution in [1.82, 2.24) is 5.32 Å². The molecule has 3 aromatic rings. The molecule has 4 aliphatic carbocycles. The Hall–Kier alpha value is -3.25. The molecule has 4 fully saturated rings. The van der Waals surface area contributed by atoms with Gasteiger partial charge in [0.25, 0.3) is 5.91 Å². The molecule has 0 heterocycles. The molecular weight excluding hydrogens is 480 g/mol. The lowest BCUT2D eigenvalue weighted by Gasteiger charge is -2.56. The van der Waals surface area contributed by atoms with Crippen LogP contribution in [0.3, 0.4) is 0 Å². The highest BCUT2D eigenvalue weighted by Crippen LogP contribution is 2.55. The number of rotatable bonds is 8. The molecule has 2 amide bonds. The Kier molecular flexibility index (Phi) is 6.68. The van der Waals surface area contributed by atoms with E-state index in [0.717, 1.165) is 47.7 Å². The molecule has 0 aromatic heterocycles. The molecule has 5 nitrogen and oxygen atoms in total. The van der Waals surface area contributed by atoms with Crippen molar-refractivity contribution in [2.45, 2.75) is 49.0 Å². The average Bonchev–Trinajstić information content (AvgIpc) is 2.88. The summed E-state index contributed by atoms with van der Waals surface area (Å²) >= 11 is 1.43. The number of ether oxygens (including phenoxy) is 1. The Morgan fingerprint density at radius 2 is 1.38 bits per heavy atom. The van der Waals surface area contributed by atoms with Gasteiger partial charge in [-0.05, 0) is 105 Å². The van der Waals surface area contributed by atoms with Crippen molar-refractivity contribution < 1.29 is 14.3 Å². The lowest BCUT2D eigenvalue weighted by atomic mass is 9.53. The van der Waals surface area contributed by atoms with E-state index in [0.29, 0.717) is 22.8 Å². The number of hydrogen-bond acceptors (Lipinski definition) is 4. The summed E-state index contributed by atoms with van der Waals surface area (Å²) in [7, 11) is 0. The van der Waals surface area contributed by atoms with E-state index < -0.39 is 0 Å². The van der Waals surface area contributed by atoms with Gasteiger partial charge in [-0.25, -0.2) is 0 Å². The standard InChI is InChI=1S/C31H32N2O3S/c34-29(33-31-17-21-14-22(18-31)16-23(15-21)19-31)20-37-28-9-5-4-8-27(28)30(35)32-24-10-12-26(13-11-24)36-25-6-2-1-3-7-25/h1-13,21-23H,14-20H2,(H,32,35)(H,33,34). The zero-order valence-electron chi connectivity index (χ0n) is 20.8. The van der Waals surface area contributed by atoms with Crippen LogP contribution >= 0.6 is 11.8 Å². The van der Waals surface area contributed by atoms with E-state index in [2.05, 4.69) is 10.6 Å². The van der Waals surface area contributed by atoms with Gasteiger partial charge in [0.1, 0.15) is 11.5 Å². The summed E-state index contributed by atoms with van der Waals surface area (Å²) in [5.74, 6) is 4.05. The number of para-hydroxylation sites is 1. The van der Waals surface area contributed by atoms with E-state index in [1.165, 1.54) is 31.0 Å². The molecule has 190 valence electrons. The average molecular weight is 513 g/mol. The van der Waals surface area contributed by atoms with Gasteiger partial charge in [-0.2, -0.15) is 0 Å². The van der Waals surface area contributed by atoms with Crippen molar-refractivity contribution in [3.63, 3.8) is 0 Å². The minimum absolute atomic E-state index is 0.0136. The van der Waals surface area contributed by atoms with Gasteiger partial charge in [-0.1, -0.05) is 30.3 Å². The quantitative estimate of drug-likeness (QED) is 0.322. The Labute approximate surface area is 222 Å². The third-order valence-electron chi connectivity index (χ3n) is 8.02. The van der Waals surface area contributed by atoms with Gasteiger partial charge in [0.2, 0.25) is 5.91 Å². The topological polar surface area (TPSA) is 67.4 Å². The molecule has 0 spiro atoms. The lowest BCUT2D eigenvalue weighted by molar-refractivity contribution is -0.124. The second-order valence-corrected chi connectivity index (χ2v) is 11.9. The number of carbonyl (C=O) groups is 2. The summed E-state index contributed by atoms with van der Waals surface area (Å²) in [6, 6.07) is 24.4. The maximum Gasteiger partial charge on any atom is 0.256 e. The number of anilines is 1. The Morgan fingerprint density at radius 1 is 0.784 bits per heavy atom. The van der Waals surface area contributed by atoms with Gasteiger partial charge in [-0.15, -0.1) is 11.8 Å². The summed E-state index contributed by atoms with van der Waals surface area (Å²) in [4.78, 5) is 26.9. The smallest absolute Gasteiger partial charge is 0.256 e. The highest BCUT2D eigenvalue weighted by molar-refractivity contribution is 8.00. The van der Waals surface area contributed by atoms with Crippen LogP contribution in [-0.2, 0) is 4.79 Å². The van der Waals surface area contributed by atoms with Crippen LogP contribution in [0.4, 0.5) is 5.69 Å². The van der Waals surface area contributed by atoms with Crippen LogP contribution < -0.4 is 15.4 Å². The van der Waals surface area contributed by atoms with Gasteiger partial charge >= 0.3 is 0 Å². The molecular formula is C31H32N2O3S. The van der Waals surface area contributed by atoms with Crippen molar-refractivity contribution in [2.24, 2.45) is 17.8 Å². The number of carbonyl (C=O) groups excluding carboxylic acids is 2. The zero-order valence-corrected chi connectivity index (χ0v) is 21.6. The van der Waals surface area contributed by atoms with E-state index in [-0.39, 0.29) is 17.4 Å². The number of hydrogen-bond donors (Lipinski definition) is 2. The predicted molar refractivity (Wildman–Crippen MR) is 147 cm³/mol. The maximum atomic E-state index is 13.1. The van der Waals surface area contributed by atoms with Crippen molar-refractivity contribution in [3.8, 4) is 11.5 Å². The molecule has 0 saturated heterocycles. The summed E-state index contributed by atoms with van der Waals surface area (Å²) in [6.07, 6.45) is 7.50. The second-order valence-electron chi connectivity index (χ2n) is 10.9. The van der Waals surface area contributed by atoms with Crippen LogP contribution in [-0.4, -0.2) is 23.1 Å². The molecule has 2 N–H and O–H groups in total. The molecule has 0 unspecified atom stereocenters. The Morgan fingerprint density at radius 3 is 2.05 bits per heavy atom.